The van der Waals surface area contributed by atoms with E-state index in [4.69, 9.17) is 0 Å². The molecule has 0 bridgehead atoms. The zero-order chi connectivity index (χ0) is 13.5. The highest BCUT2D eigenvalue weighted by Gasteiger charge is 2.11. The first-order valence-electron chi connectivity index (χ1n) is 6.54. The van der Waals surface area contributed by atoms with Gasteiger partial charge in [-0.1, -0.05) is 19.1 Å². The van der Waals surface area contributed by atoms with Crippen molar-refractivity contribution >= 4 is 22.6 Å². The minimum atomic E-state index is 0.301. The number of nitrogens with zero attached hydrogens (tertiary/aromatic N) is 2. The van der Waals surface area contributed by atoms with Crippen molar-refractivity contribution in [2.75, 3.05) is 6.54 Å². The molecular weight excluding hydrogens is 349 g/mol. The standard InChI is InChI=1S/C15H18IN3/c1-2-8-17-15(13-7-9-18-19-11-13)10-12-3-5-14(16)6-4-12/h3-7,9,11,15,17H,2,8,10H2,1H3. The smallest absolute Gasteiger partial charge is 0.0544 e. The average Bonchev–Trinajstić information content (AvgIpc) is 2.46. The van der Waals surface area contributed by atoms with Crippen molar-refractivity contribution in [3.05, 3.63) is 57.4 Å². The van der Waals surface area contributed by atoms with E-state index in [2.05, 4.69) is 69.3 Å². The van der Waals surface area contributed by atoms with Gasteiger partial charge in [-0.2, -0.15) is 10.2 Å². The Kier molecular flexibility index (Phi) is 5.72. The van der Waals surface area contributed by atoms with Gasteiger partial charge in [-0.25, -0.2) is 0 Å². The van der Waals surface area contributed by atoms with Crippen LogP contribution in [0.5, 0.6) is 0 Å². The van der Waals surface area contributed by atoms with Crippen molar-refractivity contribution < 1.29 is 0 Å². The SMILES string of the molecule is CCCNC(Cc1ccc(I)cc1)c1ccnnc1. The number of aromatic nitrogens is 2. The third kappa shape index (κ3) is 4.54. The number of halogens is 1. The van der Waals surface area contributed by atoms with E-state index in [1.54, 1.807) is 6.20 Å². The van der Waals surface area contributed by atoms with E-state index in [9.17, 15) is 0 Å². The summed E-state index contributed by atoms with van der Waals surface area (Å²) in [5.74, 6) is 0. The first-order valence-corrected chi connectivity index (χ1v) is 7.62. The zero-order valence-corrected chi connectivity index (χ0v) is 13.2. The molecular formula is C15H18IN3. The Morgan fingerprint density at radius 1 is 1.16 bits per heavy atom. The summed E-state index contributed by atoms with van der Waals surface area (Å²) in [6, 6.07) is 11.0. The minimum absolute atomic E-state index is 0.301. The fraction of sp³-hybridized carbons (Fsp3) is 0.333. The topological polar surface area (TPSA) is 37.8 Å². The monoisotopic (exact) mass is 367 g/mol. The normalized spacial score (nSPS) is 12.3. The van der Waals surface area contributed by atoms with Crippen molar-refractivity contribution in [2.24, 2.45) is 0 Å². The van der Waals surface area contributed by atoms with E-state index in [1.165, 1.54) is 14.7 Å². The van der Waals surface area contributed by atoms with Crippen LogP contribution in [-0.4, -0.2) is 16.7 Å². The molecule has 0 aliphatic rings. The Hall–Kier alpha value is -1.01. The van der Waals surface area contributed by atoms with Gasteiger partial charge in [0.25, 0.3) is 0 Å². The van der Waals surface area contributed by atoms with Crippen LogP contribution in [0.3, 0.4) is 0 Å². The van der Waals surface area contributed by atoms with Crippen molar-refractivity contribution in [1.29, 1.82) is 0 Å². The Balaban J connectivity index is 2.11. The second-order valence-electron chi connectivity index (χ2n) is 4.51. The molecule has 1 atom stereocenters. The van der Waals surface area contributed by atoms with Crippen LogP contribution in [0.1, 0.15) is 30.5 Å². The van der Waals surface area contributed by atoms with Gasteiger partial charge in [0.15, 0.2) is 0 Å². The molecule has 0 spiro atoms. The van der Waals surface area contributed by atoms with Crippen LogP contribution < -0.4 is 5.32 Å². The summed E-state index contributed by atoms with van der Waals surface area (Å²) >= 11 is 2.33. The van der Waals surface area contributed by atoms with Gasteiger partial charge in [0.1, 0.15) is 0 Å². The molecule has 3 nitrogen and oxygen atoms in total. The molecule has 1 unspecified atom stereocenters. The van der Waals surface area contributed by atoms with Gasteiger partial charge >= 0.3 is 0 Å². The van der Waals surface area contributed by atoms with Crippen molar-refractivity contribution in [3.8, 4) is 0 Å². The molecule has 1 aromatic carbocycles. The number of hydrogen-bond donors (Lipinski definition) is 1. The number of benzene rings is 1. The third-order valence-corrected chi connectivity index (χ3v) is 3.72. The molecule has 4 heteroatoms. The predicted molar refractivity (Wildman–Crippen MR) is 85.9 cm³/mol. The van der Waals surface area contributed by atoms with Crippen LogP contribution in [0.2, 0.25) is 0 Å². The molecule has 0 saturated carbocycles. The average molecular weight is 367 g/mol. The summed E-state index contributed by atoms with van der Waals surface area (Å²) in [7, 11) is 0. The molecule has 0 amide bonds. The van der Waals surface area contributed by atoms with E-state index < -0.39 is 0 Å². The molecule has 100 valence electrons. The molecule has 2 aromatic rings. The van der Waals surface area contributed by atoms with Gasteiger partial charge in [0, 0.05) is 15.8 Å². The first kappa shape index (κ1) is 14.4. The quantitative estimate of drug-likeness (QED) is 0.796. The van der Waals surface area contributed by atoms with Gasteiger partial charge < -0.3 is 5.32 Å². The third-order valence-electron chi connectivity index (χ3n) is 3.00. The fourth-order valence-corrected chi connectivity index (χ4v) is 2.35. The Labute approximate surface area is 128 Å². The van der Waals surface area contributed by atoms with Crippen molar-refractivity contribution in [3.63, 3.8) is 0 Å². The number of rotatable bonds is 6. The maximum Gasteiger partial charge on any atom is 0.0544 e. The lowest BCUT2D eigenvalue weighted by molar-refractivity contribution is 0.526. The van der Waals surface area contributed by atoms with Crippen LogP contribution in [0, 0.1) is 3.57 Å². The molecule has 1 aromatic heterocycles. The van der Waals surface area contributed by atoms with E-state index >= 15 is 0 Å². The van der Waals surface area contributed by atoms with Crippen LogP contribution in [0.15, 0.2) is 42.7 Å². The van der Waals surface area contributed by atoms with Gasteiger partial charge in [0.2, 0.25) is 0 Å². The zero-order valence-electron chi connectivity index (χ0n) is 11.0. The van der Waals surface area contributed by atoms with Crippen molar-refractivity contribution in [1.82, 2.24) is 15.5 Å². The molecule has 0 radical (unpaired) electrons. The molecule has 0 aliphatic heterocycles. The van der Waals surface area contributed by atoms with Crippen LogP contribution in [0.25, 0.3) is 0 Å². The number of nitrogens with one attached hydrogen (secondary N) is 1. The fourth-order valence-electron chi connectivity index (χ4n) is 1.99. The van der Waals surface area contributed by atoms with E-state index in [0.29, 0.717) is 6.04 Å². The summed E-state index contributed by atoms with van der Waals surface area (Å²) in [6.45, 7) is 3.19. The second-order valence-corrected chi connectivity index (χ2v) is 5.76. The van der Waals surface area contributed by atoms with Gasteiger partial charge in [-0.15, -0.1) is 0 Å². The van der Waals surface area contributed by atoms with Gasteiger partial charge in [-0.05, 0) is 71.3 Å². The minimum Gasteiger partial charge on any atom is -0.310 e. The Morgan fingerprint density at radius 2 is 1.95 bits per heavy atom. The summed E-state index contributed by atoms with van der Waals surface area (Å²) in [5, 5.41) is 11.4. The molecule has 0 fully saturated rings. The molecule has 0 saturated heterocycles. The summed E-state index contributed by atoms with van der Waals surface area (Å²) in [5.41, 5.74) is 2.54. The predicted octanol–water partition coefficient (Wildman–Crippen LogP) is 3.36. The van der Waals surface area contributed by atoms with Crippen LogP contribution >= 0.6 is 22.6 Å². The lowest BCUT2D eigenvalue weighted by atomic mass is 10.0. The van der Waals surface area contributed by atoms with E-state index in [-0.39, 0.29) is 0 Å². The number of hydrogen-bond acceptors (Lipinski definition) is 3. The maximum absolute atomic E-state index is 3.98. The maximum atomic E-state index is 3.98. The van der Waals surface area contributed by atoms with Crippen LogP contribution in [-0.2, 0) is 6.42 Å². The Morgan fingerprint density at radius 3 is 2.58 bits per heavy atom. The first-order chi connectivity index (χ1) is 9.29. The highest BCUT2D eigenvalue weighted by Crippen LogP contribution is 2.18. The van der Waals surface area contributed by atoms with Gasteiger partial charge in [-0.3, -0.25) is 0 Å². The molecule has 19 heavy (non-hydrogen) atoms. The van der Waals surface area contributed by atoms with E-state index in [1.807, 2.05) is 12.3 Å². The lowest BCUT2D eigenvalue weighted by Crippen LogP contribution is -2.24. The molecule has 1 N–H and O–H groups in total. The summed E-state index contributed by atoms with van der Waals surface area (Å²) < 4.78 is 1.27. The van der Waals surface area contributed by atoms with Gasteiger partial charge in [0.05, 0.1) is 6.20 Å². The summed E-state index contributed by atoms with van der Waals surface area (Å²) in [6.07, 6.45) is 5.70. The lowest BCUT2D eigenvalue weighted by Gasteiger charge is -2.18. The Bertz CT molecular complexity index is 485. The molecule has 0 aliphatic carbocycles. The highest BCUT2D eigenvalue weighted by molar-refractivity contribution is 14.1. The van der Waals surface area contributed by atoms with Crippen molar-refractivity contribution in [2.45, 2.75) is 25.8 Å². The largest absolute Gasteiger partial charge is 0.310 e. The van der Waals surface area contributed by atoms with Crippen LogP contribution in [0.4, 0.5) is 0 Å². The molecule has 2 rings (SSSR count). The second kappa shape index (κ2) is 7.55. The van der Waals surface area contributed by atoms with E-state index in [0.717, 1.165) is 19.4 Å². The summed E-state index contributed by atoms with van der Waals surface area (Å²) in [4.78, 5) is 0. The highest BCUT2D eigenvalue weighted by atomic mass is 127. The molecule has 1 heterocycles.